The van der Waals surface area contributed by atoms with Gasteiger partial charge in [0.1, 0.15) is 5.69 Å². The van der Waals surface area contributed by atoms with E-state index in [4.69, 9.17) is 0 Å². The summed E-state index contributed by atoms with van der Waals surface area (Å²) in [6, 6.07) is 5.77. The fourth-order valence-electron chi connectivity index (χ4n) is 2.09. The summed E-state index contributed by atoms with van der Waals surface area (Å²) in [6.45, 7) is -0.519. The highest BCUT2D eigenvalue weighted by molar-refractivity contribution is 5.93. The van der Waals surface area contributed by atoms with E-state index in [9.17, 15) is 35.9 Å². The Hall–Kier alpha value is -3.05. The first-order chi connectivity index (χ1) is 12.4. The molecule has 0 aliphatic rings. The van der Waals surface area contributed by atoms with Gasteiger partial charge in [-0.05, 0) is 17.7 Å². The molecule has 2 aromatic rings. The van der Waals surface area contributed by atoms with Gasteiger partial charge in [-0.1, -0.05) is 12.1 Å². The number of aromatic nitrogens is 2. The average Bonchev–Trinajstić information content (AvgIpc) is 3.04. The monoisotopic (exact) mass is 394 g/mol. The lowest BCUT2D eigenvalue weighted by atomic mass is 10.2. The first-order valence-electron chi connectivity index (χ1n) is 7.27. The SMILES string of the molecule is CNC(=O)c1cc(C(F)(F)F)nn1-c1cccc(CNC(=O)C(F)(F)F)c1. The van der Waals surface area contributed by atoms with Crippen LogP contribution in [0.1, 0.15) is 21.7 Å². The van der Waals surface area contributed by atoms with Crippen LogP contribution < -0.4 is 10.6 Å². The number of alkyl halides is 6. The van der Waals surface area contributed by atoms with Gasteiger partial charge >= 0.3 is 18.3 Å². The summed E-state index contributed by atoms with van der Waals surface area (Å²) in [4.78, 5) is 22.7. The fraction of sp³-hybridized carbons (Fsp3) is 0.267. The molecule has 27 heavy (non-hydrogen) atoms. The number of nitrogens with zero attached hydrogens (tertiary/aromatic N) is 2. The third-order valence-electron chi connectivity index (χ3n) is 3.33. The van der Waals surface area contributed by atoms with E-state index in [0.29, 0.717) is 6.07 Å². The molecule has 146 valence electrons. The van der Waals surface area contributed by atoms with Crippen molar-refractivity contribution in [1.29, 1.82) is 0 Å². The summed E-state index contributed by atoms with van der Waals surface area (Å²) in [5.74, 6) is -2.99. The lowest BCUT2D eigenvalue weighted by Crippen LogP contribution is -2.36. The Kier molecular flexibility index (Phi) is 5.47. The normalized spacial score (nSPS) is 12.0. The van der Waals surface area contributed by atoms with Gasteiger partial charge in [0.25, 0.3) is 5.91 Å². The van der Waals surface area contributed by atoms with Gasteiger partial charge in [0.2, 0.25) is 0 Å². The largest absolute Gasteiger partial charge is 0.471 e. The summed E-state index contributed by atoms with van der Waals surface area (Å²) in [7, 11) is 1.22. The average molecular weight is 394 g/mol. The minimum atomic E-state index is -5.06. The number of carbonyl (C=O) groups is 2. The molecule has 12 heteroatoms. The molecule has 0 saturated heterocycles. The van der Waals surface area contributed by atoms with E-state index in [2.05, 4.69) is 10.4 Å². The van der Waals surface area contributed by atoms with Gasteiger partial charge in [-0.15, -0.1) is 0 Å². The molecule has 1 aromatic carbocycles. The summed E-state index contributed by atoms with van der Waals surface area (Å²) in [6.07, 6.45) is -9.86. The van der Waals surface area contributed by atoms with Crippen molar-refractivity contribution < 1.29 is 35.9 Å². The number of amides is 2. The first kappa shape index (κ1) is 20.3. The maximum atomic E-state index is 12.9. The Labute approximate surface area is 148 Å². The van der Waals surface area contributed by atoms with Crippen molar-refractivity contribution in [2.75, 3.05) is 7.05 Å². The Balaban J connectivity index is 2.37. The standard InChI is InChI=1S/C15H12F6N4O2/c1-22-12(26)10-6-11(14(16,17)18)24-25(10)9-4-2-3-8(5-9)7-23-13(27)15(19,20)21/h2-6H,7H2,1H3,(H,22,26)(H,23,27). The quantitative estimate of drug-likeness (QED) is 0.783. The Morgan fingerprint density at radius 3 is 2.33 bits per heavy atom. The number of carbonyl (C=O) groups excluding carboxylic acids is 2. The molecular formula is C15H12F6N4O2. The number of hydrogen-bond donors (Lipinski definition) is 2. The summed E-state index contributed by atoms with van der Waals surface area (Å²) in [5, 5.41) is 7.18. The molecule has 0 bridgehead atoms. The lowest BCUT2D eigenvalue weighted by molar-refractivity contribution is -0.173. The van der Waals surface area contributed by atoms with Crippen LogP contribution in [0.3, 0.4) is 0 Å². The second-order valence-electron chi connectivity index (χ2n) is 5.25. The molecule has 0 atom stereocenters. The second kappa shape index (κ2) is 7.29. The van der Waals surface area contributed by atoms with Crippen molar-refractivity contribution in [3.63, 3.8) is 0 Å². The van der Waals surface area contributed by atoms with E-state index < -0.39 is 42.1 Å². The highest BCUT2D eigenvalue weighted by atomic mass is 19.4. The molecule has 0 saturated carbocycles. The van der Waals surface area contributed by atoms with E-state index in [0.717, 1.165) is 4.68 Å². The Bertz CT molecular complexity index is 857. The highest BCUT2D eigenvalue weighted by Gasteiger charge is 2.38. The molecule has 1 aromatic heterocycles. The lowest BCUT2D eigenvalue weighted by Gasteiger charge is -2.10. The molecule has 0 spiro atoms. The van der Waals surface area contributed by atoms with Crippen LogP contribution in [0.25, 0.3) is 5.69 Å². The van der Waals surface area contributed by atoms with Crippen LogP contribution in [0, 0.1) is 0 Å². The molecule has 6 nitrogen and oxygen atoms in total. The zero-order chi connectivity index (χ0) is 20.4. The maximum Gasteiger partial charge on any atom is 0.471 e. The van der Waals surface area contributed by atoms with Crippen LogP contribution >= 0.6 is 0 Å². The van der Waals surface area contributed by atoms with Gasteiger partial charge < -0.3 is 10.6 Å². The third kappa shape index (κ3) is 4.77. The fourth-order valence-corrected chi connectivity index (χ4v) is 2.09. The molecule has 0 aliphatic heterocycles. The van der Waals surface area contributed by atoms with Gasteiger partial charge in [0, 0.05) is 19.7 Å². The molecule has 0 aliphatic carbocycles. The van der Waals surface area contributed by atoms with Crippen molar-refractivity contribution in [3.8, 4) is 5.69 Å². The smallest absolute Gasteiger partial charge is 0.354 e. The third-order valence-corrected chi connectivity index (χ3v) is 3.33. The number of hydrogen-bond acceptors (Lipinski definition) is 3. The molecule has 2 rings (SSSR count). The minimum Gasteiger partial charge on any atom is -0.354 e. The van der Waals surface area contributed by atoms with Crippen molar-refractivity contribution in [3.05, 3.63) is 47.3 Å². The van der Waals surface area contributed by atoms with Gasteiger partial charge in [-0.2, -0.15) is 31.4 Å². The van der Waals surface area contributed by atoms with Crippen molar-refractivity contribution >= 4 is 11.8 Å². The van der Waals surface area contributed by atoms with Crippen LogP contribution in [-0.2, 0) is 17.5 Å². The molecule has 0 unspecified atom stereocenters. The molecular weight excluding hydrogens is 382 g/mol. The van der Waals surface area contributed by atoms with Crippen molar-refractivity contribution in [1.82, 2.24) is 20.4 Å². The zero-order valence-corrected chi connectivity index (χ0v) is 13.6. The summed E-state index contributed by atoms with van der Waals surface area (Å²) >= 11 is 0. The van der Waals surface area contributed by atoms with E-state index in [1.807, 2.05) is 0 Å². The van der Waals surface area contributed by atoms with Gasteiger partial charge in [0.15, 0.2) is 5.69 Å². The topological polar surface area (TPSA) is 76.0 Å². The first-order valence-corrected chi connectivity index (χ1v) is 7.27. The number of rotatable bonds is 4. The minimum absolute atomic E-state index is 0.00265. The van der Waals surface area contributed by atoms with E-state index >= 15 is 0 Å². The van der Waals surface area contributed by atoms with Crippen LogP contribution in [0.5, 0.6) is 0 Å². The second-order valence-corrected chi connectivity index (χ2v) is 5.25. The molecule has 0 radical (unpaired) electrons. The molecule has 2 amide bonds. The zero-order valence-electron chi connectivity index (χ0n) is 13.6. The molecule has 2 N–H and O–H groups in total. The van der Waals surface area contributed by atoms with Gasteiger partial charge in [-0.25, -0.2) is 4.68 Å². The molecule has 0 fully saturated rings. The summed E-state index contributed by atoms with van der Waals surface area (Å²) < 4.78 is 76.1. The van der Waals surface area contributed by atoms with Crippen LogP contribution in [0.15, 0.2) is 30.3 Å². The van der Waals surface area contributed by atoms with Gasteiger partial charge in [-0.3, -0.25) is 9.59 Å². The van der Waals surface area contributed by atoms with Crippen LogP contribution in [-0.4, -0.2) is 34.8 Å². The predicted molar refractivity (Wildman–Crippen MR) is 79.9 cm³/mol. The van der Waals surface area contributed by atoms with Gasteiger partial charge in [0.05, 0.1) is 5.69 Å². The van der Waals surface area contributed by atoms with Crippen molar-refractivity contribution in [2.24, 2.45) is 0 Å². The number of benzene rings is 1. The highest BCUT2D eigenvalue weighted by Crippen LogP contribution is 2.29. The van der Waals surface area contributed by atoms with E-state index in [1.54, 1.807) is 5.32 Å². The van der Waals surface area contributed by atoms with Crippen LogP contribution in [0.4, 0.5) is 26.3 Å². The molecule has 1 heterocycles. The van der Waals surface area contributed by atoms with Crippen molar-refractivity contribution in [2.45, 2.75) is 18.9 Å². The van der Waals surface area contributed by atoms with E-state index in [1.165, 1.54) is 31.3 Å². The predicted octanol–water partition coefficient (Wildman–Crippen LogP) is 2.43. The Morgan fingerprint density at radius 2 is 1.78 bits per heavy atom. The van der Waals surface area contributed by atoms with E-state index in [-0.39, 0.29) is 11.3 Å². The summed E-state index contributed by atoms with van der Waals surface area (Å²) in [5.41, 5.74) is -1.56. The number of halogens is 6. The van der Waals surface area contributed by atoms with Crippen LogP contribution in [0.2, 0.25) is 0 Å². The maximum absolute atomic E-state index is 12.9. The Morgan fingerprint density at radius 1 is 1.11 bits per heavy atom. The number of nitrogens with one attached hydrogen (secondary N) is 2.